The Morgan fingerprint density at radius 2 is 2.08 bits per heavy atom. The van der Waals surface area contributed by atoms with E-state index in [1.165, 1.54) is 6.07 Å². The molecule has 1 aromatic carbocycles. The van der Waals surface area contributed by atoms with Gasteiger partial charge in [-0.2, -0.15) is 4.98 Å². The number of anilines is 1. The van der Waals surface area contributed by atoms with Crippen molar-refractivity contribution in [1.29, 1.82) is 0 Å². The molecule has 2 aromatic rings. The van der Waals surface area contributed by atoms with Crippen molar-refractivity contribution in [3.63, 3.8) is 0 Å². The number of hydrogen-bond donors (Lipinski definition) is 2. The Bertz CT molecular complexity index is 808. The van der Waals surface area contributed by atoms with Crippen molar-refractivity contribution in [2.75, 3.05) is 12.3 Å². The largest absolute Gasteiger partial charge is 0.436 e. The van der Waals surface area contributed by atoms with Crippen molar-refractivity contribution < 1.29 is 22.6 Å². The van der Waals surface area contributed by atoms with Crippen molar-refractivity contribution >= 4 is 14.3 Å². The van der Waals surface area contributed by atoms with Gasteiger partial charge in [-0.25, -0.2) is 13.6 Å². The molecule has 0 saturated carbocycles. The molecule has 3 atom stereocenters. The fourth-order valence-electron chi connectivity index (χ4n) is 2.47. The summed E-state index contributed by atoms with van der Waals surface area (Å²) in [7, 11) is -1.81. The number of nitrogens with two attached hydrogens (primary N) is 2. The zero-order valence-electron chi connectivity index (χ0n) is 13.5. The zero-order valence-corrected chi connectivity index (χ0v) is 14.4. The molecule has 0 aliphatic carbocycles. The maximum atomic E-state index is 14.2. The van der Waals surface area contributed by atoms with Gasteiger partial charge in [0, 0.05) is 12.6 Å². The molecular formula is C15H17F2N4O4P. The highest BCUT2D eigenvalue weighted by Gasteiger charge is 2.52. The first-order valence-electron chi connectivity index (χ1n) is 7.64. The average molecular weight is 386 g/mol. The van der Waals surface area contributed by atoms with Crippen LogP contribution in [0.5, 0.6) is 5.75 Å². The van der Waals surface area contributed by atoms with E-state index in [0.717, 1.165) is 6.20 Å². The lowest BCUT2D eigenvalue weighted by molar-refractivity contribution is -0.119. The molecule has 26 heavy (non-hydrogen) atoms. The van der Waals surface area contributed by atoms with Gasteiger partial charge < -0.3 is 19.5 Å². The molecule has 1 aliphatic heterocycles. The van der Waals surface area contributed by atoms with Crippen molar-refractivity contribution in [2.24, 2.45) is 5.50 Å². The van der Waals surface area contributed by atoms with Crippen LogP contribution in [0.1, 0.15) is 12.6 Å². The zero-order chi connectivity index (χ0) is 18.7. The molecule has 0 spiro atoms. The van der Waals surface area contributed by atoms with Crippen LogP contribution in [0, 0.1) is 0 Å². The van der Waals surface area contributed by atoms with Gasteiger partial charge in [-0.1, -0.05) is 18.2 Å². The predicted molar refractivity (Wildman–Crippen MR) is 90.5 cm³/mol. The number of ether oxygens (including phenoxy) is 1. The lowest BCUT2D eigenvalue weighted by Gasteiger charge is -2.19. The Hall–Kier alpha value is -2.13. The van der Waals surface area contributed by atoms with E-state index in [1.807, 2.05) is 6.07 Å². The second kappa shape index (κ2) is 7.63. The van der Waals surface area contributed by atoms with E-state index in [0.29, 0.717) is 10.3 Å². The first-order chi connectivity index (χ1) is 12.3. The van der Waals surface area contributed by atoms with Crippen molar-refractivity contribution in [3.8, 4) is 5.75 Å². The Balaban J connectivity index is 1.60. The third kappa shape index (κ3) is 4.34. The van der Waals surface area contributed by atoms with Crippen LogP contribution >= 0.6 is 8.53 Å². The van der Waals surface area contributed by atoms with Crippen LogP contribution in [0.4, 0.5) is 14.6 Å². The molecule has 2 heterocycles. The first-order valence-corrected chi connectivity index (χ1v) is 8.88. The smallest absolute Gasteiger partial charge is 0.351 e. The number of alkyl halides is 2. The maximum Gasteiger partial charge on any atom is 0.351 e. The first kappa shape index (κ1) is 18.7. The molecule has 3 rings (SSSR count). The Morgan fingerprint density at radius 3 is 2.77 bits per heavy atom. The number of nitrogen functional groups attached to an aromatic ring is 1. The summed E-state index contributed by atoms with van der Waals surface area (Å²) in [5.74, 6) is -2.82. The second-order valence-electron chi connectivity index (χ2n) is 5.60. The van der Waals surface area contributed by atoms with E-state index < -0.39 is 38.9 Å². The van der Waals surface area contributed by atoms with Gasteiger partial charge in [0.05, 0.1) is 12.7 Å². The third-order valence-corrected chi connectivity index (χ3v) is 4.41. The number of benzene rings is 1. The monoisotopic (exact) mass is 386 g/mol. The Kier molecular flexibility index (Phi) is 5.47. The fraction of sp³-hybridized carbons (Fsp3) is 0.333. The van der Waals surface area contributed by atoms with Crippen LogP contribution < -0.4 is 21.5 Å². The highest BCUT2D eigenvalue weighted by atomic mass is 31.2. The van der Waals surface area contributed by atoms with E-state index >= 15 is 0 Å². The summed E-state index contributed by atoms with van der Waals surface area (Å²) in [5.41, 5.74) is 10.2. The quantitative estimate of drug-likeness (QED) is 0.730. The molecule has 0 radical (unpaired) electrons. The summed E-state index contributed by atoms with van der Waals surface area (Å²) in [4.78, 5) is 15.2. The highest BCUT2D eigenvalue weighted by molar-refractivity contribution is 7.44. The minimum absolute atomic E-state index is 0.0562. The molecule has 4 N–H and O–H groups in total. The van der Waals surface area contributed by atoms with Gasteiger partial charge >= 0.3 is 14.2 Å². The number of para-hydroxylation sites is 1. The van der Waals surface area contributed by atoms with E-state index in [4.69, 9.17) is 25.0 Å². The van der Waals surface area contributed by atoms with Gasteiger partial charge in [0.25, 0.3) is 5.92 Å². The van der Waals surface area contributed by atoms with Crippen LogP contribution in [-0.4, -0.2) is 28.2 Å². The minimum Gasteiger partial charge on any atom is -0.436 e. The highest BCUT2D eigenvalue weighted by Crippen LogP contribution is 2.43. The van der Waals surface area contributed by atoms with Crippen LogP contribution in [-0.2, 0) is 9.26 Å². The molecule has 11 heteroatoms. The molecule has 8 nitrogen and oxygen atoms in total. The number of nitrogens with zero attached hydrogens (tertiary/aromatic N) is 2. The van der Waals surface area contributed by atoms with E-state index in [1.54, 1.807) is 24.3 Å². The van der Waals surface area contributed by atoms with Gasteiger partial charge in [-0.05, 0) is 18.2 Å². The minimum atomic E-state index is -3.27. The second-order valence-corrected chi connectivity index (χ2v) is 6.61. The lowest BCUT2D eigenvalue weighted by atomic mass is 10.2. The SMILES string of the molecule is Nc1ccn(C2OC(COP(N)Oc3ccccc3)CC2(F)F)c(=O)n1. The van der Waals surface area contributed by atoms with E-state index in [2.05, 4.69) is 4.98 Å². The van der Waals surface area contributed by atoms with Crippen LogP contribution in [0.2, 0.25) is 0 Å². The average Bonchev–Trinajstić information content (AvgIpc) is 2.88. The molecule has 0 bridgehead atoms. The number of halogens is 2. The fourth-order valence-corrected chi connectivity index (χ4v) is 3.17. The lowest BCUT2D eigenvalue weighted by Crippen LogP contribution is -2.35. The normalized spacial score (nSPS) is 22.9. The predicted octanol–water partition coefficient (Wildman–Crippen LogP) is 2.03. The van der Waals surface area contributed by atoms with Crippen LogP contribution in [0.15, 0.2) is 47.4 Å². The number of hydrogen-bond acceptors (Lipinski definition) is 7. The molecule has 140 valence electrons. The summed E-state index contributed by atoms with van der Waals surface area (Å²) >= 11 is 0. The Labute approximate surface area is 148 Å². The van der Waals surface area contributed by atoms with Gasteiger partial charge in [-0.3, -0.25) is 10.1 Å². The number of aromatic nitrogens is 2. The van der Waals surface area contributed by atoms with E-state index in [9.17, 15) is 13.6 Å². The summed E-state index contributed by atoms with van der Waals surface area (Å²) in [5, 5.41) is 0. The van der Waals surface area contributed by atoms with Gasteiger partial charge in [0.15, 0.2) is 0 Å². The molecule has 1 aromatic heterocycles. The van der Waals surface area contributed by atoms with E-state index in [-0.39, 0.29) is 12.4 Å². The van der Waals surface area contributed by atoms with Crippen molar-refractivity contribution in [1.82, 2.24) is 9.55 Å². The molecule has 0 amide bonds. The topological polar surface area (TPSA) is 115 Å². The van der Waals surface area contributed by atoms with Gasteiger partial charge in [-0.15, -0.1) is 0 Å². The molecule has 1 saturated heterocycles. The maximum absolute atomic E-state index is 14.2. The van der Waals surface area contributed by atoms with Crippen LogP contribution in [0.25, 0.3) is 0 Å². The molecule has 3 unspecified atom stereocenters. The number of rotatable bonds is 6. The van der Waals surface area contributed by atoms with Gasteiger partial charge in [0.2, 0.25) is 6.23 Å². The molecule has 1 aliphatic rings. The molecular weight excluding hydrogens is 369 g/mol. The summed E-state index contributed by atoms with van der Waals surface area (Å²) < 4.78 is 45.1. The molecule has 1 fully saturated rings. The third-order valence-electron chi connectivity index (χ3n) is 3.61. The van der Waals surface area contributed by atoms with Crippen molar-refractivity contribution in [3.05, 3.63) is 53.1 Å². The summed E-state index contributed by atoms with van der Waals surface area (Å²) in [6, 6.07) is 9.99. The Morgan fingerprint density at radius 1 is 1.35 bits per heavy atom. The standard InChI is InChI=1S/C15H17F2N4O4P/c16-15(17)8-11(9-23-26(19)25-10-4-2-1-3-5-10)24-13(15)21-7-6-12(18)20-14(21)22/h1-7,11,13H,8-9,19H2,(H2,18,20,22). The summed E-state index contributed by atoms with van der Waals surface area (Å²) in [6.45, 7) is -0.196. The van der Waals surface area contributed by atoms with Gasteiger partial charge in [0.1, 0.15) is 11.6 Å². The summed E-state index contributed by atoms with van der Waals surface area (Å²) in [6.07, 6.45) is -2.23. The van der Waals surface area contributed by atoms with Crippen molar-refractivity contribution in [2.45, 2.75) is 24.7 Å². The van der Waals surface area contributed by atoms with Crippen LogP contribution in [0.3, 0.4) is 0 Å².